The molecule has 0 aliphatic carbocycles. The molecule has 5 heteroatoms. The van der Waals surface area contributed by atoms with Crippen LogP contribution in [0.5, 0.6) is 0 Å². The first kappa shape index (κ1) is 10.1. The van der Waals surface area contributed by atoms with E-state index in [0.717, 1.165) is 17.7 Å². The van der Waals surface area contributed by atoms with Crippen LogP contribution in [-0.4, -0.2) is 13.0 Å². The number of rotatable bonds is 2. The lowest BCUT2D eigenvalue weighted by molar-refractivity contribution is -0.107. The lowest BCUT2D eigenvalue weighted by Gasteiger charge is -2.28. The standard InChI is InChI=1S/C10H9ClN2O2/c11-7-1-2-10-8(5-7)9(12-15)3-4-13(10)6-14/h1-2,5-6,9H,3-4H2. The fourth-order valence-corrected chi connectivity index (χ4v) is 1.99. The van der Waals surface area contributed by atoms with E-state index in [9.17, 15) is 9.70 Å². The lowest BCUT2D eigenvalue weighted by Crippen LogP contribution is -2.29. The number of benzene rings is 1. The number of hydrogen-bond donors (Lipinski definition) is 0. The molecule has 0 radical (unpaired) electrons. The van der Waals surface area contributed by atoms with Crippen molar-refractivity contribution in [2.45, 2.75) is 12.5 Å². The van der Waals surface area contributed by atoms with Gasteiger partial charge in [-0.3, -0.25) is 4.79 Å². The van der Waals surface area contributed by atoms with Crippen LogP contribution in [0, 0.1) is 4.91 Å². The maximum atomic E-state index is 10.8. The molecule has 1 unspecified atom stereocenters. The van der Waals surface area contributed by atoms with Crippen molar-refractivity contribution in [3.63, 3.8) is 0 Å². The average Bonchev–Trinajstić information content (AvgIpc) is 2.27. The van der Waals surface area contributed by atoms with Crippen molar-refractivity contribution < 1.29 is 4.79 Å². The second kappa shape index (κ2) is 3.98. The summed E-state index contributed by atoms with van der Waals surface area (Å²) in [5.74, 6) is 0. The highest BCUT2D eigenvalue weighted by molar-refractivity contribution is 6.30. The molecular formula is C10H9ClN2O2. The summed E-state index contributed by atoms with van der Waals surface area (Å²) < 4.78 is 0. The molecule has 0 N–H and O–H groups in total. The molecule has 0 saturated carbocycles. The molecule has 0 fully saturated rings. The number of carbonyl (C=O) groups is 1. The maximum absolute atomic E-state index is 10.8. The van der Waals surface area contributed by atoms with Gasteiger partial charge in [-0.15, -0.1) is 0 Å². The number of fused-ring (bicyclic) bond motifs is 1. The van der Waals surface area contributed by atoms with Gasteiger partial charge in [0.25, 0.3) is 0 Å². The first-order valence-corrected chi connectivity index (χ1v) is 4.98. The maximum Gasteiger partial charge on any atom is 0.214 e. The summed E-state index contributed by atoms with van der Waals surface area (Å²) in [5.41, 5.74) is 1.46. The van der Waals surface area contributed by atoms with E-state index < -0.39 is 6.04 Å². The largest absolute Gasteiger partial charge is 0.315 e. The predicted molar refractivity (Wildman–Crippen MR) is 58.0 cm³/mol. The van der Waals surface area contributed by atoms with Crippen LogP contribution < -0.4 is 4.90 Å². The predicted octanol–water partition coefficient (Wildman–Crippen LogP) is 2.51. The number of halogens is 1. The fraction of sp³-hybridized carbons (Fsp3) is 0.300. The zero-order chi connectivity index (χ0) is 10.8. The first-order chi connectivity index (χ1) is 7.26. The summed E-state index contributed by atoms with van der Waals surface area (Å²) in [4.78, 5) is 23.0. The Balaban J connectivity index is 2.52. The van der Waals surface area contributed by atoms with Crippen molar-refractivity contribution in [1.29, 1.82) is 0 Å². The summed E-state index contributed by atoms with van der Waals surface area (Å²) in [6.45, 7) is 0.522. The molecule has 4 nitrogen and oxygen atoms in total. The van der Waals surface area contributed by atoms with Gasteiger partial charge in [0.05, 0.1) is 0 Å². The number of nitrogens with zero attached hydrogens (tertiary/aromatic N) is 2. The quantitative estimate of drug-likeness (QED) is 0.573. The van der Waals surface area contributed by atoms with E-state index in [-0.39, 0.29) is 0 Å². The minimum absolute atomic E-state index is 0.394. The molecule has 1 aliphatic heterocycles. The van der Waals surface area contributed by atoms with Crippen LogP contribution in [0.4, 0.5) is 5.69 Å². The minimum Gasteiger partial charge on any atom is -0.315 e. The number of anilines is 1. The van der Waals surface area contributed by atoms with E-state index in [2.05, 4.69) is 5.18 Å². The second-order valence-electron chi connectivity index (χ2n) is 3.41. The molecular weight excluding hydrogens is 216 g/mol. The fourth-order valence-electron chi connectivity index (χ4n) is 1.81. The number of nitroso groups, excluding NO2 is 1. The molecule has 78 valence electrons. The topological polar surface area (TPSA) is 49.7 Å². The summed E-state index contributed by atoms with van der Waals surface area (Å²) in [5, 5.41) is 3.60. The van der Waals surface area contributed by atoms with Gasteiger partial charge in [0.1, 0.15) is 6.04 Å². The van der Waals surface area contributed by atoms with Crippen molar-refractivity contribution in [3.8, 4) is 0 Å². The van der Waals surface area contributed by atoms with Crippen molar-refractivity contribution in [1.82, 2.24) is 0 Å². The van der Waals surface area contributed by atoms with Gasteiger partial charge < -0.3 is 4.90 Å². The van der Waals surface area contributed by atoms with Gasteiger partial charge in [0.15, 0.2) is 0 Å². The Morgan fingerprint density at radius 3 is 3.00 bits per heavy atom. The Bertz CT molecular complexity index is 408. The molecule has 0 bridgehead atoms. The summed E-state index contributed by atoms with van der Waals surface area (Å²) >= 11 is 5.84. The second-order valence-corrected chi connectivity index (χ2v) is 3.85. The SMILES string of the molecule is O=CN1CCC(N=O)c2cc(Cl)ccc21. The van der Waals surface area contributed by atoms with Crippen LogP contribution in [0.15, 0.2) is 23.4 Å². The minimum atomic E-state index is -0.394. The van der Waals surface area contributed by atoms with Crippen molar-refractivity contribution in [2.24, 2.45) is 5.18 Å². The highest BCUT2D eigenvalue weighted by atomic mass is 35.5. The molecule has 15 heavy (non-hydrogen) atoms. The van der Waals surface area contributed by atoms with E-state index in [1.54, 1.807) is 23.1 Å². The first-order valence-electron chi connectivity index (χ1n) is 4.60. The Kier molecular flexibility index (Phi) is 2.68. The van der Waals surface area contributed by atoms with Gasteiger partial charge in [-0.25, -0.2) is 0 Å². The summed E-state index contributed by atoms with van der Waals surface area (Å²) in [7, 11) is 0. The van der Waals surface area contributed by atoms with Gasteiger partial charge in [-0.2, -0.15) is 4.91 Å². The van der Waals surface area contributed by atoms with Crippen LogP contribution in [-0.2, 0) is 4.79 Å². The molecule has 1 heterocycles. The van der Waals surface area contributed by atoms with Crippen LogP contribution >= 0.6 is 11.6 Å². The van der Waals surface area contributed by atoms with E-state index in [1.807, 2.05) is 0 Å². The van der Waals surface area contributed by atoms with E-state index in [1.165, 1.54) is 0 Å². The van der Waals surface area contributed by atoms with Gasteiger partial charge in [-0.05, 0) is 24.6 Å². The third kappa shape index (κ3) is 1.72. The zero-order valence-corrected chi connectivity index (χ0v) is 8.65. The van der Waals surface area contributed by atoms with Gasteiger partial charge >= 0.3 is 0 Å². The van der Waals surface area contributed by atoms with Crippen molar-refractivity contribution >= 4 is 23.7 Å². The Morgan fingerprint density at radius 2 is 2.33 bits per heavy atom. The van der Waals surface area contributed by atoms with Crippen LogP contribution in [0.25, 0.3) is 0 Å². The highest BCUT2D eigenvalue weighted by Crippen LogP contribution is 2.36. The van der Waals surface area contributed by atoms with E-state index >= 15 is 0 Å². The third-order valence-electron chi connectivity index (χ3n) is 2.56. The third-order valence-corrected chi connectivity index (χ3v) is 2.79. The normalized spacial score (nSPS) is 19.5. The molecule has 1 atom stereocenters. The van der Waals surface area contributed by atoms with Crippen molar-refractivity contribution in [3.05, 3.63) is 33.7 Å². The molecule has 1 aliphatic rings. The van der Waals surface area contributed by atoms with Crippen LogP contribution in [0.2, 0.25) is 5.02 Å². The van der Waals surface area contributed by atoms with Crippen LogP contribution in [0.3, 0.4) is 0 Å². The number of hydrogen-bond acceptors (Lipinski definition) is 3. The summed E-state index contributed by atoms with van der Waals surface area (Å²) in [6, 6.07) is 4.74. The molecule has 1 amide bonds. The van der Waals surface area contributed by atoms with Gasteiger partial charge in [0.2, 0.25) is 6.41 Å². The molecule has 1 aromatic carbocycles. The smallest absolute Gasteiger partial charge is 0.214 e. The Morgan fingerprint density at radius 1 is 1.53 bits per heavy atom. The number of carbonyl (C=O) groups excluding carboxylic acids is 1. The lowest BCUT2D eigenvalue weighted by atomic mass is 9.97. The Labute approximate surface area is 91.8 Å². The van der Waals surface area contributed by atoms with E-state index in [0.29, 0.717) is 18.0 Å². The zero-order valence-electron chi connectivity index (χ0n) is 7.89. The average molecular weight is 225 g/mol. The molecule has 0 aromatic heterocycles. The summed E-state index contributed by atoms with van der Waals surface area (Å²) in [6.07, 6.45) is 1.31. The molecule has 1 aromatic rings. The Hall–Kier alpha value is -1.42. The van der Waals surface area contributed by atoms with Crippen molar-refractivity contribution in [2.75, 3.05) is 11.4 Å². The highest BCUT2D eigenvalue weighted by Gasteiger charge is 2.25. The molecule has 0 saturated heterocycles. The molecule has 0 spiro atoms. The number of amides is 1. The monoisotopic (exact) mass is 224 g/mol. The van der Waals surface area contributed by atoms with Gasteiger partial charge in [0, 0.05) is 22.8 Å². The van der Waals surface area contributed by atoms with Gasteiger partial charge in [-0.1, -0.05) is 16.8 Å². The molecule has 2 rings (SSSR count). The van der Waals surface area contributed by atoms with Crippen LogP contribution in [0.1, 0.15) is 18.0 Å². The van der Waals surface area contributed by atoms with E-state index in [4.69, 9.17) is 11.6 Å².